The van der Waals surface area contributed by atoms with Crippen molar-refractivity contribution < 1.29 is 17.9 Å². The molecule has 0 spiro atoms. The number of aromatic nitrogens is 2. The average molecular weight is 359 g/mol. The van der Waals surface area contributed by atoms with Crippen molar-refractivity contribution in [2.45, 2.75) is 24.9 Å². The van der Waals surface area contributed by atoms with E-state index in [0.29, 0.717) is 23.9 Å². The smallest absolute Gasteiger partial charge is 0.241 e. The minimum absolute atomic E-state index is 0.104. The van der Waals surface area contributed by atoms with Crippen LogP contribution in [-0.2, 0) is 23.1 Å². The fourth-order valence-electron chi connectivity index (χ4n) is 2.90. The molecular formula is C17H17N3O4S. The van der Waals surface area contributed by atoms with Gasteiger partial charge in [0.25, 0.3) is 0 Å². The summed E-state index contributed by atoms with van der Waals surface area (Å²) in [6, 6.07) is 12.3. The number of fused-ring (bicyclic) bond motifs is 2. The fraction of sp³-hybridized carbons (Fsp3) is 0.235. The summed E-state index contributed by atoms with van der Waals surface area (Å²) in [6.45, 7) is 2.93. The molecule has 0 radical (unpaired) electrons. The molecule has 0 saturated heterocycles. The molecule has 0 atom stereocenters. The molecule has 1 aliphatic heterocycles. The van der Waals surface area contributed by atoms with Gasteiger partial charge in [0.05, 0.1) is 22.5 Å². The van der Waals surface area contributed by atoms with E-state index in [1.807, 2.05) is 35.8 Å². The van der Waals surface area contributed by atoms with Gasteiger partial charge in [-0.3, -0.25) is 0 Å². The van der Waals surface area contributed by atoms with Crippen LogP contribution in [0.5, 0.6) is 11.5 Å². The van der Waals surface area contributed by atoms with E-state index >= 15 is 0 Å². The van der Waals surface area contributed by atoms with Crippen molar-refractivity contribution in [1.29, 1.82) is 0 Å². The van der Waals surface area contributed by atoms with Gasteiger partial charge in [-0.2, -0.15) is 0 Å². The van der Waals surface area contributed by atoms with Crippen molar-refractivity contribution in [1.82, 2.24) is 14.3 Å². The van der Waals surface area contributed by atoms with E-state index in [9.17, 15) is 8.42 Å². The highest BCUT2D eigenvalue weighted by Crippen LogP contribution is 2.33. The molecule has 0 saturated carbocycles. The summed E-state index contributed by atoms with van der Waals surface area (Å²) in [4.78, 5) is 4.66. The first kappa shape index (κ1) is 15.9. The Balaban J connectivity index is 1.60. The summed E-state index contributed by atoms with van der Waals surface area (Å²) in [5.74, 6) is 1.66. The summed E-state index contributed by atoms with van der Waals surface area (Å²) < 4.78 is 40.2. The largest absolute Gasteiger partial charge is 0.454 e. The Morgan fingerprint density at radius 2 is 1.96 bits per heavy atom. The van der Waals surface area contributed by atoms with Crippen molar-refractivity contribution in [2.75, 3.05) is 6.79 Å². The summed E-state index contributed by atoms with van der Waals surface area (Å²) in [6.07, 6.45) is 0. The van der Waals surface area contributed by atoms with E-state index < -0.39 is 10.0 Å². The quantitative estimate of drug-likeness (QED) is 0.756. The zero-order valence-electron chi connectivity index (χ0n) is 13.6. The van der Waals surface area contributed by atoms with E-state index in [-0.39, 0.29) is 18.2 Å². The SMILES string of the molecule is CCn1c(CNS(=O)(=O)c2ccc3c(c2)OCO3)nc2ccccc21. The van der Waals surface area contributed by atoms with Crippen molar-refractivity contribution in [3.63, 3.8) is 0 Å². The topological polar surface area (TPSA) is 82.5 Å². The summed E-state index contributed by atoms with van der Waals surface area (Å²) >= 11 is 0. The maximum absolute atomic E-state index is 12.6. The Labute approximate surface area is 145 Å². The second-order valence-corrected chi connectivity index (χ2v) is 7.37. The number of ether oxygens (including phenoxy) is 2. The monoisotopic (exact) mass is 359 g/mol. The summed E-state index contributed by atoms with van der Waals surface area (Å²) in [7, 11) is -3.68. The Bertz CT molecular complexity index is 1040. The molecule has 1 aliphatic rings. The van der Waals surface area contributed by atoms with Gasteiger partial charge in [-0.1, -0.05) is 12.1 Å². The molecule has 1 N–H and O–H groups in total. The number of imidazole rings is 1. The third-order valence-corrected chi connectivity index (χ3v) is 5.52. The van der Waals surface area contributed by atoms with E-state index in [4.69, 9.17) is 9.47 Å². The van der Waals surface area contributed by atoms with Crippen molar-refractivity contribution in [2.24, 2.45) is 0 Å². The molecule has 1 aromatic heterocycles. The molecule has 130 valence electrons. The summed E-state index contributed by atoms with van der Waals surface area (Å²) in [5, 5.41) is 0. The molecule has 2 heterocycles. The number of hydrogen-bond acceptors (Lipinski definition) is 5. The van der Waals surface area contributed by atoms with Crippen molar-refractivity contribution in [3.05, 3.63) is 48.3 Å². The second-order valence-electron chi connectivity index (χ2n) is 5.60. The first-order valence-corrected chi connectivity index (χ1v) is 9.40. The van der Waals surface area contributed by atoms with Gasteiger partial charge in [0.2, 0.25) is 16.8 Å². The van der Waals surface area contributed by atoms with Crippen LogP contribution in [-0.4, -0.2) is 24.8 Å². The van der Waals surface area contributed by atoms with Gasteiger partial charge in [0.1, 0.15) is 5.82 Å². The lowest BCUT2D eigenvalue weighted by Crippen LogP contribution is -2.25. The van der Waals surface area contributed by atoms with Crippen molar-refractivity contribution >= 4 is 21.1 Å². The van der Waals surface area contributed by atoms with Crippen LogP contribution in [0.1, 0.15) is 12.7 Å². The molecule has 0 unspecified atom stereocenters. The number of aryl methyl sites for hydroxylation is 1. The molecule has 4 rings (SSSR count). The third kappa shape index (κ3) is 2.83. The zero-order valence-corrected chi connectivity index (χ0v) is 14.4. The van der Waals surface area contributed by atoms with Gasteiger partial charge in [-0.05, 0) is 31.2 Å². The molecule has 0 fully saturated rings. The van der Waals surface area contributed by atoms with Gasteiger partial charge in [-0.25, -0.2) is 18.1 Å². The van der Waals surface area contributed by atoms with Gasteiger partial charge >= 0.3 is 0 Å². The minimum atomic E-state index is -3.68. The van der Waals surface area contributed by atoms with Crippen LogP contribution in [0.15, 0.2) is 47.4 Å². The average Bonchev–Trinajstić information content (AvgIpc) is 3.23. The van der Waals surface area contributed by atoms with E-state index in [2.05, 4.69) is 9.71 Å². The maximum atomic E-state index is 12.6. The minimum Gasteiger partial charge on any atom is -0.454 e. The number of hydrogen-bond donors (Lipinski definition) is 1. The first-order valence-electron chi connectivity index (χ1n) is 7.92. The van der Waals surface area contributed by atoms with Gasteiger partial charge in [0, 0.05) is 12.6 Å². The lowest BCUT2D eigenvalue weighted by molar-refractivity contribution is 0.174. The van der Waals surface area contributed by atoms with Gasteiger partial charge in [0.15, 0.2) is 11.5 Å². The van der Waals surface area contributed by atoms with Gasteiger partial charge in [-0.15, -0.1) is 0 Å². The van der Waals surface area contributed by atoms with Gasteiger partial charge < -0.3 is 14.0 Å². The molecule has 25 heavy (non-hydrogen) atoms. The van der Waals surface area contributed by atoms with Crippen LogP contribution < -0.4 is 14.2 Å². The van der Waals surface area contributed by atoms with E-state index in [0.717, 1.165) is 11.0 Å². The van der Waals surface area contributed by atoms with Crippen LogP contribution in [0, 0.1) is 0 Å². The third-order valence-electron chi connectivity index (χ3n) is 4.12. The van der Waals surface area contributed by atoms with Crippen LogP contribution in [0.3, 0.4) is 0 Å². The Morgan fingerprint density at radius 1 is 1.16 bits per heavy atom. The molecule has 2 aromatic carbocycles. The molecule has 8 heteroatoms. The fourth-order valence-corrected chi connectivity index (χ4v) is 3.90. The van der Waals surface area contributed by atoms with Crippen LogP contribution in [0.2, 0.25) is 0 Å². The highest BCUT2D eigenvalue weighted by molar-refractivity contribution is 7.89. The second kappa shape index (κ2) is 6.05. The highest BCUT2D eigenvalue weighted by atomic mass is 32.2. The number of sulfonamides is 1. The number of rotatable bonds is 5. The molecule has 7 nitrogen and oxygen atoms in total. The predicted octanol–water partition coefficient (Wildman–Crippen LogP) is 2.26. The molecule has 3 aromatic rings. The predicted molar refractivity (Wildman–Crippen MR) is 92.0 cm³/mol. The number of benzene rings is 2. The lowest BCUT2D eigenvalue weighted by atomic mass is 10.3. The summed E-state index contributed by atoms with van der Waals surface area (Å²) in [5.41, 5.74) is 1.84. The molecule has 0 bridgehead atoms. The van der Waals surface area contributed by atoms with Crippen LogP contribution >= 0.6 is 0 Å². The maximum Gasteiger partial charge on any atom is 0.241 e. The molecule has 0 amide bonds. The number of nitrogens with one attached hydrogen (secondary N) is 1. The first-order chi connectivity index (χ1) is 12.1. The standard InChI is InChI=1S/C17H17N3O4S/c1-2-20-14-6-4-3-5-13(14)19-17(20)10-18-25(21,22)12-7-8-15-16(9-12)24-11-23-15/h3-9,18H,2,10-11H2,1H3. The zero-order chi connectivity index (χ0) is 17.4. The lowest BCUT2D eigenvalue weighted by Gasteiger charge is -2.09. The Morgan fingerprint density at radius 3 is 2.80 bits per heavy atom. The Kier molecular flexibility index (Phi) is 3.85. The van der Waals surface area contributed by atoms with Crippen LogP contribution in [0.25, 0.3) is 11.0 Å². The number of para-hydroxylation sites is 2. The highest BCUT2D eigenvalue weighted by Gasteiger charge is 2.21. The van der Waals surface area contributed by atoms with Crippen LogP contribution in [0.4, 0.5) is 0 Å². The number of nitrogens with zero attached hydrogens (tertiary/aromatic N) is 2. The van der Waals surface area contributed by atoms with E-state index in [1.165, 1.54) is 12.1 Å². The van der Waals surface area contributed by atoms with Crippen molar-refractivity contribution in [3.8, 4) is 11.5 Å². The normalized spacial score (nSPS) is 13.5. The Hall–Kier alpha value is -2.58. The molecule has 0 aliphatic carbocycles. The molecular weight excluding hydrogens is 342 g/mol. The van der Waals surface area contributed by atoms with E-state index in [1.54, 1.807) is 6.07 Å².